The van der Waals surface area contributed by atoms with Crippen molar-refractivity contribution in [2.24, 2.45) is 0 Å². The molecule has 156 valence electrons. The molecule has 0 radical (unpaired) electrons. The number of Topliss-reactive ketones (excluding diaryl/α,β-unsaturated/α-hetero) is 1. The normalized spacial score (nSPS) is 11.6. The number of amides is 2. The molecule has 0 bridgehead atoms. The Bertz CT molecular complexity index is 967. The van der Waals surface area contributed by atoms with E-state index in [-0.39, 0.29) is 49.4 Å². The number of carbonyl (C=O) groups is 3. The summed E-state index contributed by atoms with van der Waals surface area (Å²) in [5, 5.41) is 7.46. The molecule has 3 rings (SSSR count). The zero-order valence-corrected chi connectivity index (χ0v) is 17.5. The molecular formula is C22H24N4O3S. The highest BCUT2D eigenvalue weighted by atomic mass is 32.1. The maximum atomic E-state index is 12.2. The minimum Gasteiger partial charge on any atom is -0.356 e. The third-order valence-corrected chi connectivity index (χ3v) is 5.53. The zero-order chi connectivity index (χ0) is 21.3. The molecule has 2 heterocycles. The van der Waals surface area contributed by atoms with Gasteiger partial charge < -0.3 is 15.2 Å². The molecule has 2 aromatic heterocycles. The fourth-order valence-electron chi connectivity index (χ4n) is 2.94. The molecule has 0 saturated carbocycles. The molecule has 1 atom stereocenters. The van der Waals surface area contributed by atoms with Crippen molar-refractivity contribution in [2.45, 2.75) is 32.2 Å². The van der Waals surface area contributed by atoms with Crippen LogP contribution in [0.4, 0.5) is 0 Å². The lowest BCUT2D eigenvalue weighted by atomic mass is 10.1. The standard InChI is InChI=1S/C22H24N4O3S/c1-16(17-4-6-18(7-5-17)26-13-12-23-15-26)25-22(29)10-11-24-21(28)9-8-19(27)20-3-2-14-30-20/h2-7,12-16H,8-11H2,1H3,(H,24,28)(H,25,29). The van der Waals surface area contributed by atoms with Crippen LogP contribution in [0.25, 0.3) is 5.69 Å². The van der Waals surface area contributed by atoms with Crippen molar-refractivity contribution in [1.82, 2.24) is 20.2 Å². The number of nitrogens with zero attached hydrogens (tertiary/aromatic N) is 2. The van der Waals surface area contributed by atoms with E-state index in [2.05, 4.69) is 15.6 Å². The zero-order valence-electron chi connectivity index (χ0n) is 16.7. The lowest BCUT2D eigenvalue weighted by molar-refractivity contribution is -0.122. The van der Waals surface area contributed by atoms with E-state index in [9.17, 15) is 14.4 Å². The summed E-state index contributed by atoms with van der Waals surface area (Å²) >= 11 is 1.37. The number of hydrogen-bond donors (Lipinski definition) is 2. The summed E-state index contributed by atoms with van der Waals surface area (Å²) in [6.07, 6.45) is 5.79. The molecular weight excluding hydrogens is 400 g/mol. The Morgan fingerprint density at radius 1 is 1.07 bits per heavy atom. The number of hydrogen-bond acceptors (Lipinski definition) is 5. The van der Waals surface area contributed by atoms with Gasteiger partial charge in [0.1, 0.15) is 0 Å². The van der Waals surface area contributed by atoms with Gasteiger partial charge >= 0.3 is 0 Å². The molecule has 0 aliphatic rings. The second kappa shape index (κ2) is 10.5. The van der Waals surface area contributed by atoms with Crippen LogP contribution >= 0.6 is 11.3 Å². The van der Waals surface area contributed by atoms with Crippen LogP contribution < -0.4 is 10.6 Å². The maximum Gasteiger partial charge on any atom is 0.222 e. The first-order valence-electron chi connectivity index (χ1n) is 9.74. The second-order valence-electron chi connectivity index (χ2n) is 6.85. The lowest BCUT2D eigenvalue weighted by Gasteiger charge is -2.15. The first-order chi connectivity index (χ1) is 14.5. The fraction of sp³-hybridized carbons (Fsp3) is 0.273. The number of benzene rings is 1. The van der Waals surface area contributed by atoms with Crippen LogP contribution in [0.5, 0.6) is 0 Å². The van der Waals surface area contributed by atoms with Crippen LogP contribution in [0.3, 0.4) is 0 Å². The van der Waals surface area contributed by atoms with E-state index in [0.29, 0.717) is 4.88 Å². The predicted molar refractivity (Wildman–Crippen MR) is 116 cm³/mol. The molecule has 1 unspecified atom stereocenters. The third-order valence-electron chi connectivity index (χ3n) is 4.62. The molecule has 0 fully saturated rings. The SMILES string of the molecule is CC(NC(=O)CCNC(=O)CCC(=O)c1cccs1)c1ccc(-n2ccnc2)cc1. The Hall–Kier alpha value is -3.26. The molecule has 1 aromatic carbocycles. The highest BCUT2D eigenvalue weighted by molar-refractivity contribution is 7.12. The lowest BCUT2D eigenvalue weighted by Crippen LogP contribution is -2.32. The summed E-state index contributed by atoms with van der Waals surface area (Å²) in [5.41, 5.74) is 1.98. The van der Waals surface area contributed by atoms with Crippen molar-refractivity contribution < 1.29 is 14.4 Å². The van der Waals surface area contributed by atoms with Crippen LogP contribution in [0.15, 0.2) is 60.5 Å². The van der Waals surface area contributed by atoms with Crippen molar-refractivity contribution in [2.75, 3.05) is 6.54 Å². The number of thiophene rings is 1. The van der Waals surface area contributed by atoms with Gasteiger partial charge in [0, 0.05) is 43.9 Å². The van der Waals surface area contributed by atoms with Gasteiger partial charge in [0.15, 0.2) is 5.78 Å². The predicted octanol–water partition coefficient (Wildman–Crippen LogP) is 3.28. The Labute approximate surface area is 179 Å². The van der Waals surface area contributed by atoms with Gasteiger partial charge in [-0.05, 0) is 36.1 Å². The van der Waals surface area contributed by atoms with Gasteiger partial charge in [-0.3, -0.25) is 14.4 Å². The van der Waals surface area contributed by atoms with Crippen LogP contribution in [0, 0.1) is 0 Å². The quantitative estimate of drug-likeness (QED) is 0.489. The van der Waals surface area contributed by atoms with E-state index < -0.39 is 0 Å². The number of carbonyl (C=O) groups excluding carboxylic acids is 3. The fourth-order valence-corrected chi connectivity index (χ4v) is 3.63. The summed E-state index contributed by atoms with van der Waals surface area (Å²) in [4.78, 5) is 40.6. The van der Waals surface area contributed by atoms with E-state index in [1.807, 2.05) is 53.4 Å². The molecule has 7 nitrogen and oxygen atoms in total. The van der Waals surface area contributed by atoms with Crippen molar-refractivity contribution in [1.29, 1.82) is 0 Å². The van der Waals surface area contributed by atoms with E-state index in [1.54, 1.807) is 18.6 Å². The highest BCUT2D eigenvalue weighted by Gasteiger charge is 2.12. The smallest absolute Gasteiger partial charge is 0.222 e. The number of nitrogens with one attached hydrogen (secondary N) is 2. The molecule has 2 amide bonds. The van der Waals surface area contributed by atoms with Crippen molar-refractivity contribution >= 4 is 28.9 Å². The van der Waals surface area contributed by atoms with Crippen LogP contribution in [0.2, 0.25) is 0 Å². The number of imidazole rings is 1. The highest BCUT2D eigenvalue weighted by Crippen LogP contribution is 2.16. The molecule has 0 aliphatic carbocycles. The summed E-state index contributed by atoms with van der Waals surface area (Å²) in [6, 6.07) is 11.3. The molecule has 0 spiro atoms. The van der Waals surface area contributed by atoms with Gasteiger partial charge in [0.25, 0.3) is 0 Å². The topological polar surface area (TPSA) is 93.1 Å². The van der Waals surface area contributed by atoms with Crippen LogP contribution in [0.1, 0.15) is 47.5 Å². The number of rotatable bonds is 10. The van der Waals surface area contributed by atoms with Crippen molar-refractivity contribution in [3.05, 3.63) is 70.9 Å². The minimum atomic E-state index is -0.226. The van der Waals surface area contributed by atoms with Gasteiger partial charge in [0.2, 0.25) is 11.8 Å². The van der Waals surface area contributed by atoms with Crippen molar-refractivity contribution in [3.8, 4) is 5.69 Å². The van der Waals surface area contributed by atoms with E-state index in [1.165, 1.54) is 11.3 Å². The van der Waals surface area contributed by atoms with Gasteiger partial charge in [0.05, 0.1) is 17.2 Å². The first-order valence-corrected chi connectivity index (χ1v) is 10.6. The van der Waals surface area contributed by atoms with Crippen molar-refractivity contribution in [3.63, 3.8) is 0 Å². The number of ketones is 1. The largest absolute Gasteiger partial charge is 0.356 e. The Kier molecular flexibility index (Phi) is 7.51. The first kappa shape index (κ1) is 21.4. The summed E-state index contributed by atoms with van der Waals surface area (Å²) in [6.45, 7) is 2.16. The maximum absolute atomic E-state index is 12.2. The molecule has 30 heavy (non-hydrogen) atoms. The summed E-state index contributed by atoms with van der Waals surface area (Å²) < 4.78 is 1.91. The Morgan fingerprint density at radius 3 is 2.53 bits per heavy atom. The minimum absolute atomic E-state index is 0.0363. The molecule has 0 aliphatic heterocycles. The van der Waals surface area contributed by atoms with E-state index in [4.69, 9.17) is 0 Å². The van der Waals surface area contributed by atoms with Gasteiger partial charge in [-0.15, -0.1) is 11.3 Å². The van der Waals surface area contributed by atoms with E-state index in [0.717, 1.165) is 11.3 Å². The monoisotopic (exact) mass is 424 g/mol. The van der Waals surface area contributed by atoms with Gasteiger partial charge in [-0.1, -0.05) is 18.2 Å². The molecule has 2 N–H and O–H groups in total. The molecule has 0 saturated heterocycles. The average Bonchev–Trinajstić information content (AvgIpc) is 3.46. The number of aromatic nitrogens is 2. The van der Waals surface area contributed by atoms with Gasteiger partial charge in [-0.2, -0.15) is 0 Å². The second-order valence-corrected chi connectivity index (χ2v) is 7.80. The van der Waals surface area contributed by atoms with E-state index >= 15 is 0 Å². The average molecular weight is 425 g/mol. The van der Waals surface area contributed by atoms with Gasteiger partial charge in [-0.25, -0.2) is 4.98 Å². The third kappa shape index (κ3) is 6.12. The van der Waals surface area contributed by atoms with Crippen LogP contribution in [-0.2, 0) is 9.59 Å². The summed E-state index contributed by atoms with van der Waals surface area (Å²) in [7, 11) is 0. The molecule has 3 aromatic rings. The Balaban J connectivity index is 1.35. The summed E-state index contributed by atoms with van der Waals surface area (Å²) in [5.74, 6) is -0.405. The molecule has 8 heteroatoms. The van der Waals surface area contributed by atoms with Crippen LogP contribution in [-0.4, -0.2) is 33.7 Å². The Morgan fingerprint density at radius 2 is 1.87 bits per heavy atom.